The molecule has 66 valence electrons. The Morgan fingerprint density at radius 1 is 1.31 bits per heavy atom. The fourth-order valence-electron chi connectivity index (χ4n) is 0.553. The van der Waals surface area contributed by atoms with Crippen molar-refractivity contribution in [3.05, 3.63) is 42.1 Å². The summed E-state index contributed by atoms with van der Waals surface area (Å²) >= 11 is 0. The molecule has 1 aromatic rings. The van der Waals surface area contributed by atoms with E-state index in [9.17, 15) is 4.79 Å². The molecule has 0 amide bonds. The molecule has 0 unspecified atom stereocenters. The third-order valence-corrected chi connectivity index (χ3v) is 1.10. The molecule has 0 aromatic heterocycles. The van der Waals surface area contributed by atoms with Crippen LogP contribution >= 0.6 is 0 Å². The van der Waals surface area contributed by atoms with Gasteiger partial charge in [0.25, 0.3) is 0 Å². The molecule has 0 saturated carbocycles. The van der Waals surface area contributed by atoms with Gasteiger partial charge in [-0.25, -0.2) is 4.79 Å². The predicted octanol–water partition coefficient (Wildman–Crippen LogP) is 1.36. The van der Waals surface area contributed by atoms with Crippen LogP contribution in [0.25, 0.3) is 0 Å². The van der Waals surface area contributed by atoms with Gasteiger partial charge in [-0.05, 0) is 36.6 Å². The number of carbonyl (C=O) groups is 1. The molecule has 0 saturated heterocycles. The van der Waals surface area contributed by atoms with Crippen LogP contribution in [0, 0.1) is 0 Å². The van der Waals surface area contributed by atoms with E-state index in [-0.39, 0.29) is 5.75 Å². The van der Waals surface area contributed by atoms with Crippen molar-refractivity contribution in [2.75, 3.05) is 0 Å². The Morgan fingerprint density at radius 2 is 1.77 bits per heavy atom. The number of phenolic OH excluding ortho intramolecular Hbond substituents is 1. The van der Waals surface area contributed by atoms with Crippen LogP contribution in [0.3, 0.4) is 0 Å². The molecular weight excluding hydrogens is 168 g/mol. The first-order valence-electron chi connectivity index (χ1n) is 3.38. The fraction of sp³-hybridized carbons (Fsp3) is 0. The highest BCUT2D eigenvalue weighted by Gasteiger charge is 1.86. The zero-order valence-electron chi connectivity index (χ0n) is 6.86. The van der Waals surface area contributed by atoms with Crippen LogP contribution in [0.2, 0.25) is 0 Å². The first kappa shape index (κ1) is 10.9. The third kappa shape index (κ3) is 5.22. The maximum atomic E-state index is 10.0. The molecule has 13 heavy (non-hydrogen) atoms. The molecule has 0 radical (unpaired) electrons. The number of phenols is 1. The van der Waals surface area contributed by atoms with E-state index in [2.05, 4.69) is 6.58 Å². The Kier molecular flexibility index (Phi) is 5.56. The summed E-state index contributed by atoms with van der Waals surface area (Å²) in [5.74, 6) is 1.50. The molecule has 0 atom stereocenters. The van der Waals surface area contributed by atoms with Crippen LogP contribution in [0.5, 0.6) is 5.75 Å². The number of aldehydes is 1. The summed E-state index contributed by atoms with van der Waals surface area (Å²) < 4.78 is 0. The number of carbonyl (C=O) groups excluding carboxylic acids is 2. The van der Waals surface area contributed by atoms with E-state index in [0.29, 0.717) is 5.56 Å². The van der Waals surface area contributed by atoms with Gasteiger partial charge in [0.2, 0.25) is 0 Å². The van der Waals surface area contributed by atoms with E-state index < -0.39 is 0 Å². The fourth-order valence-corrected chi connectivity index (χ4v) is 0.553. The quantitative estimate of drug-likeness (QED) is 0.399. The number of hydrogen-bond acceptors (Lipinski definition) is 3. The zero-order valence-corrected chi connectivity index (χ0v) is 6.86. The lowest BCUT2D eigenvalue weighted by Gasteiger charge is -1.88. The van der Waals surface area contributed by atoms with Gasteiger partial charge in [-0.1, -0.05) is 0 Å². The first-order valence-corrected chi connectivity index (χ1v) is 3.38. The second kappa shape index (κ2) is 6.62. The normalized spacial score (nSPS) is 7.08. The van der Waals surface area contributed by atoms with Gasteiger partial charge in [-0.15, -0.1) is 0 Å². The largest absolute Gasteiger partial charge is 0.508 e. The average molecular weight is 176 g/mol. The molecule has 1 N–H and O–H groups in total. The number of benzene rings is 1. The summed E-state index contributed by atoms with van der Waals surface area (Å²) in [4.78, 5) is 18.9. The second-order valence-electron chi connectivity index (χ2n) is 1.99. The van der Waals surface area contributed by atoms with Crippen molar-refractivity contribution in [3.8, 4) is 5.75 Å². The van der Waals surface area contributed by atoms with Gasteiger partial charge in [0, 0.05) is 5.56 Å². The molecule has 0 aliphatic heterocycles. The number of hydrogen-bond donors (Lipinski definition) is 1. The summed E-state index contributed by atoms with van der Waals surface area (Å²) in [6, 6.07) is 6.07. The van der Waals surface area contributed by atoms with Crippen molar-refractivity contribution in [1.82, 2.24) is 0 Å². The van der Waals surface area contributed by atoms with Crippen LogP contribution in [0.4, 0.5) is 0 Å². The Morgan fingerprint density at radius 3 is 2.08 bits per heavy atom. The minimum atomic E-state index is 0.181. The SMILES string of the molecule is C=C=C=O.O=Cc1ccc(O)cc1. The van der Waals surface area contributed by atoms with Gasteiger partial charge in [0.1, 0.15) is 12.0 Å². The highest BCUT2D eigenvalue weighted by molar-refractivity contribution is 5.74. The van der Waals surface area contributed by atoms with E-state index in [1.807, 2.05) is 5.73 Å². The Balaban J connectivity index is 0.000000310. The number of rotatable bonds is 1. The monoisotopic (exact) mass is 176 g/mol. The molecule has 1 aromatic carbocycles. The molecule has 0 fully saturated rings. The van der Waals surface area contributed by atoms with E-state index in [1.54, 1.807) is 12.1 Å². The van der Waals surface area contributed by atoms with Crippen molar-refractivity contribution in [2.45, 2.75) is 0 Å². The Labute approximate surface area is 75.6 Å². The van der Waals surface area contributed by atoms with Crippen LogP contribution in [0.1, 0.15) is 10.4 Å². The second-order valence-corrected chi connectivity index (χ2v) is 1.99. The molecule has 0 heterocycles. The summed E-state index contributed by atoms with van der Waals surface area (Å²) in [6.45, 7) is 2.93. The van der Waals surface area contributed by atoms with Crippen LogP contribution < -0.4 is 0 Å². The van der Waals surface area contributed by atoms with E-state index in [0.717, 1.165) is 6.29 Å². The lowest BCUT2D eigenvalue weighted by atomic mass is 10.2. The van der Waals surface area contributed by atoms with Crippen molar-refractivity contribution < 1.29 is 14.7 Å². The van der Waals surface area contributed by atoms with Crippen molar-refractivity contribution in [3.63, 3.8) is 0 Å². The van der Waals surface area contributed by atoms with E-state index >= 15 is 0 Å². The highest BCUT2D eigenvalue weighted by Crippen LogP contribution is 2.07. The smallest absolute Gasteiger partial charge is 0.176 e. The molecule has 0 spiro atoms. The summed E-state index contributed by atoms with van der Waals surface area (Å²) in [5, 5.41) is 8.74. The van der Waals surface area contributed by atoms with E-state index in [1.165, 1.54) is 18.1 Å². The Bertz CT molecular complexity index is 318. The lowest BCUT2D eigenvalue weighted by Crippen LogP contribution is -1.74. The summed E-state index contributed by atoms with van der Waals surface area (Å²) in [5.41, 5.74) is 2.45. The minimum Gasteiger partial charge on any atom is -0.508 e. The summed E-state index contributed by atoms with van der Waals surface area (Å²) in [7, 11) is 0. The van der Waals surface area contributed by atoms with Gasteiger partial charge in [-0.3, -0.25) is 4.79 Å². The van der Waals surface area contributed by atoms with Crippen molar-refractivity contribution in [2.24, 2.45) is 0 Å². The molecule has 3 heteroatoms. The van der Waals surface area contributed by atoms with Gasteiger partial charge >= 0.3 is 0 Å². The van der Waals surface area contributed by atoms with Gasteiger partial charge in [0.05, 0.1) is 0 Å². The van der Waals surface area contributed by atoms with Crippen LogP contribution in [-0.2, 0) is 4.79 Å². The number of aromatic hydroxyl groups is 1. The molecule has 0 aliphatic rings. The zero-order chi connectivity index (χ0) is 10.1. The van der Waals surface area contributed by atoms with Gasteiger partial charge in [-0.2, -0.15) is 0 Å². The lowest BCUT2D eigenvalue weighted by molar-refractivity contribution is 0.112. The maximum absolute atomic E-state index is 10.0. The average Bonchev–Trinajstić information content (AvgIpc) is 2.19. The molecule has 3 nitrogen and oxygen atoms in total. The molecule has 0 bridgehead atoms. The highest BCUT2D eigenvalue weighted by atomic mass is 16.3. The summed E-state index contributed by atoms with van der Waals surface area (Å²) in [6.07, 6.45) is 0.736. The maximum Gasteiger partial charge on any atom is 0.176 e. The van der Waals surface area contributed by atoms with Crippen molar-refractivity contribution >= 4 is 12.2 Å². The molecule has 1 rings (SSSR count). The van der Waals surface area contributed by atoms with Gasteiger partial charge < -0.3 is 5.11 Å². The Hall–Kier alpha value is -2.08. The third-order valence-electron chi connectivity index (χ3n) is 1.10. The van der Waals surface area contributed by atoms with Gasteiger partial charge in [0.15, 0.2) is 5.94 Å². The first-order chi connectivity index (χ1) is 6.24. The minimum absolute atomic E-state index is 0.181. The van der Waals surface area contributed by atoms with Crippen LogP contribution in [-0.4, -0.2) is 17.3 Å². The van der Waals surface area contributed by atoms with Crippen molar-refractivity contribution in [1.29, 1.82) is 0 Å². The van der Waals surface area contributed by atoms with E-state index in [4.69, 9.17) is 9.90 Å². The molecular formula is C10H8O3. The predicted molar refractivity (Wildman–Crippen MR) is 48.3 cm³/mol. The topological polar surface area (TPSA) is 54.4 Å². The molecule has 0 aliphatic carbocycles. The standard InChI is InChI=1S/C7H6O2.C3H2O/c8-5-6-1-3-7(9)4-2-6;1-2-3-4/h1-5,9H;1H2. The van der Waals surface area contributed by atoms with Crippen LogP contribution in [0.15, 0.2) is 36.6 Å².